The first-order valence-electron chi connectivity index (χ1n) is 9.37. The number of nitrogens with zero attached hydrogens (tertiary/aromatic N) is 2. The third-order valence-corrected chi connectivity index (χ3v) is 6.26. The van der Waals surface area contributed by atoms with Crippen LogP contribution in [0.5, 0.6) is 5.75 Å². The van der Waals surface area contributed by atoms with Crippen LogP contribution in [0.4, 0.5) is 5.13 Å². The van der Waals surface area contributed by atoms with Gasteiger partial charge in [0.05, 0.1) is 12.5 Å². The molecule has 0 aliphatic rings. The summed E-state index contributed by atoms with van der Waals surface area (Å²) >= 11 is 7.15. The van der Waals surface area contributed by atoms with Crippen LogP contribution in [0.25, 0.3) is 10.6 Å². The van der Waals surface area contributed by atoms with E-state index in [9.17, 15) is 9.59 Å². The van der Waals surface area contributed by atoms with E-state index >= 15 is 0 Å². The highest BCUT2D eigenvalue weighted by Gasteiger charge is 2.33. The highest BCUT2D eigenvalue weighted by atomic mass is 35.5. The number of halogens is 1. The predicted molar refractivity (Wildman–Crippen MR) is 116 cm³/mol. The summed E-state index contributed by atoms with van der Waals surface area (Å²) < 4.78 is 5.23. The first-order valence-corrected chi connectivity index (χ1v) is 10.7. The third-order valence-electron chi connectivity index (χ3n) is 4.70. The Morgan fingerprint density at radius 3 is 2.66 bits per heavy atom. The van der Waals surface area contributed by atoms with E-state index in [1.165, 1.54) is 11.3 Å². The summed E-state index contributed by atoms with van der Waals surface area (Å²) in [5.41, 5.74) is 0.0773. The van der Waals surface area contributed by atoms with E-state index in [1.54, 1.807) is 21.0 Å². The van der Waals surface area contributed by atoms with E-state index in [4.69, 9.17) is 16.3 Å². The highest BCUT2D eigenvalue weighted by molar-refractivity contribution is 7.18. The molecule has 2 amide bonds. The molecule has 1 aromatic heterocycles. The normalized spacial score (nSPS) is 13.4. The predicted octanol–water partition coefficient (Wildman–Crippen LogP) is 3.95. The number of hydrogen-bond donors (Lipinski definition) is 2. The van der Waals surface area contributed by atoms with Crippen LogP contribution < -0.4 is 15.4 Å². The van der Waals surface area contributed by atoms with Gasteiger partial charge in [-0.1, -0.05) is 43.7 Å². The number of rotatable bonds is 9. The minimum Gasteiger partial charge on any atom is -0.497 e. The smallest absolute Gasteiger partial charge is 0.249 e. The minimum atomic E-state index is -0.768. The van der Waals surface area contributed by atoms with Crippen molar-refractivity contribution in [2.24, 2.45) is 11.3 Å². The van der Waals surface area contributed by atoms with Crippen LogP contribution in [-0.2, 0) is 9.59 Å². The van der Waals surface area contributed by atoms with Crippen molar-refractivity contribution in [1.29, 1.82) is 0 Å². The van der Waals surface area contributed by atoms with E-state index in [2.05, 4.69) is 20.8 Å². The Labute approximate surface area is 180 Å². The number of benzene rings is 1. The summed E-state index contributed by atoms with van der Waals surface area (Å²) in [5, 5.41) is 14.8. The Balaban J connectivity index is 2.15. The van der Waals surface area contributed by atoms with Gasteiger partial charge in [-0.15, -0.1) is 21.8 Å². The number of anilines is 1. The number of alkyl halides is 1. The summed E-state index contributed by atoms with van der Waals surface area (Å²) in [6.45, 7) is 7.37. The zero-order valence-corrected chi connectivity index (χ0v) is 18.9. The second-order valence-corrected chi connectivity index (χ2v) is 8.73. The van der Waals surface area contributed by atoms with Gasteiger partial charge in [0.25, 0.3) is 0 Å². The van der Waals surface area contributed by atoms with Crippen molar-refractivity contribution in [3.8, 4) is 16.3 Å². The molecule has 2 N–H and O–H groups in total. The van der Waals surface area contributed by atoms with Gasteiger partial charge in [-0.05, 0) is 31.9 Å². The molecule has 7 nitrogen and oxygen atoms in total. The fourth-order valence-corrected chi connectivity index (χ4v) is 3.29. The van der Waals surface area contributed by atoms with Gasteiger partial charge >= 0.3 is 0 Å². The molecule has 0 bridgehead atoms. The van der Waals surface area contributed by atoms with Crippen LogP contribution >= 0.6 is 22.9 Å². The second kappa shape index (κ2) is 10.0. The molecule has 0 saturated heterocycles. The van der Waals surface area contributed by atoms with Crippen LogP contribution in [0.15, 0.2) is 24.3 Å². The van der Waals surface area contributed by atoms with Crippen LogP contribution in [0, 0.1) is 11.3 Å². The topological polar surface area (TPSA) is 93.2 Å². The Kier molecular flexibility index (Phi) is 7.98. The first kappa shape index (κ1) is 23.1. The van der Waals surface area contributed by atoms with Gasteiger partial charge in [0.2, 0.25) is 16.9 Å². The van der Waals surface area contributed by atoms with Crippen molar-refractivity contribution < 1.29 is 14.3 Å². The van der Waals surface area contributed by atoms with Crippen molar-refractivity contribution in [1.82, 2.24) is 15.5 Å². The number of aromatic nitrogens is 2. The third kappa shape index (κ3) is 5.90. The van der Waals surface area contributed by atoms with Gasteiger partial charge < -0.3 is 10.1 Å². The molecule has 0 radical (unpaired) electrons. The number of ether oxygens (including phenoxy) is 1. The van der Waals surface area contributed by atoms with Crippen molar-refractivity contribution >= 4 is 39.9 Å². The molecule has 0 saturated carbocycles. The van der Waals surface area contributed by atoms with Gasteiger partial charge in [-0.2, -0.15) is 0 Å². The molecule has 2 unspecified atom stereocenters. The quantitative estimate of drug-likeness (QED) is 0.578. The van der Waals surface area contributed by atoms with E-state index in [-0.39, 0.29) is 23.6 Å². The molecule has 0 aliphatic carbocycles. The Bertz CT molecular complexity index is 856. The van der Waals surface area contributed by atoms with Gasteiger partial charge in [-0.25, -0.2) is 0 Å². The minimum absolute atomic E-state index is 0.0594. The van der Waals surface area contributed by atoms with Crippen LogP contribution in [0.2, 0.25) is 0 Å². The lowest BCUT2D eigenvalue weighted by molar-refractivity contribution is -0.132. The highest BCUT2D eigenvalue weighted by Crippen LogP contribution is 2.29. The molecule has 0 fully saturated rings. The zero-order chi connectivity index (χ0) is 21.6. The van der Waals surface area contributed by atoms with Crippen molar-refractivity contribution in [3.63, 3.8) is 0 Å². The fourth-order valence-electron chi connectivity index (χ4n) is 2.43. The van der Waals surface area contributed by atoms with E-state index in [0.29, 0.717) is 15.9 Å². The van der Waals surface area contributed by atoms with E-state index in [1.807, 2.05) is 38.1 Å². The van der Waals surface area contributed by atoms with Crippen molar-refractivity contribution in [2.45, 2.75) is 40.2 Å². The molecule has 1 aromatic carbocycles. The molecule has 1 heterocycles. The summed E-state index contributed by atoms with van der Waals surface area (Å²) in [5.74, 6) is 0.225. The molecule has 0 aliphatic heterocycles. The number of amides is 2. The summed E-state index contributed by atoms with van der Waals surface area (Å²) in [7, 11) is 1.60. The van der Waals surface area contributed by atoms with Crippen molar-refractivity contribution in [2.75, 3.05) is 18.3 Å². The largest absolute Gasteiger partial charge is 0.497 e. The number of methoxy groups -OCH3 is 1. The van der Waals surface area contributed by atoms with E-state index in [0.717, 1.165) is 12.0 Å². The molecule has 29 heavy (non-hydrogen) atoms. The standard InChI is InChI=1S/C20H27ClN4O3S/c1-6-12(2)15(22-18(27)20(3,4)11-21)16(26)23-19-25-24-17(29-19)13-8-7-9-14(10-13)28-5/h7-10,12,15H,6,11H2,1-5H3,(H,22,27)(H,23,25,26). The Morgan fingerprint density at radius 1 is 1.31 bits per heavy atom. The average molecular weight is 439 g/mol. The van der Waals surface area contributed by atoms with Gasteiger partial charge in [-0.3, -0.25) is 14.9 Å². The molecule has 2 atom stereocenters. The van der Waals surface area contributed by atoms with Gasteiger partial charge in [0, 0.05) is 11.4 Å². The number of carbonyl (C=O) groups is 2. The maximum atomic E-state index is 12.9. The maximum absolute atomic E-state index is 12.9. The average Bonchev–Trinajstić information content (AvgIpc) is 3.19. The van der Waals surface area contributed by atoms with E-state index < -0.39 is 11.5 Å². The molecule has 2 rings (SSSR count). The summed E-state index contributed by atoms with van der Waals surface area (Å²) in [6.07, 6.45) is 0.727. The number of nitrogens with one attached hydrogen (secondary N) is 2. The Hall–Kier alpha value is -2.19. The second-order valence-electron chi connectivity index (χ2n) is 7.49. The SMILES string of the molecule is CCC(C)C(NC(=O)C(C)(C)CCl)C(=O)Nc1nnc(-c2cccc(OC)c2)s1. The molecule has 0 spiro atoms. The van der Waals surface area contributed by atoms with Crippen LogP contribution in [0.3, 0.4) is 0 Å². The molecule has 158 valence electrons. The fraction of sp³-hybridized carbons (Fsp3) is 0.500. The van der Waals surface area contributed by atoms with Gasteiger partial charge in [0.1, 0.15) is 16.8 Å². The molecular formula is C20H27ClN4O3S. The maximum Gasteiger partial charge on any atom is 0.249 e. The Morgan fingerprint density at radius 2 is 2.03 bits per heavy atom. The van der Waals surface area contributed by atoms with Crippen LogP contribution in [0.1, 0.15) is 34.1 Å². The van der Waals surface area contributed by atoms with Crippen molar-refractivity contribution in [3.05, 3.63) is 24.3 Å². The molecular weight excluding hydrogens is 412 g/mol. The van der Waals surface area contributed by atoms with Gasteiger partial charge in [0.15, 0.2) is 0 Å². The number of hydrogen-bond acceptors (Lipinski definition) is 6. The summed E-state index contributed by atoms with van der Waals surface area (Å²) in [4.78, 5) is 25.4. The molecule has 2 aromatic rings. The number of carbonyl (C=O) groups excluding carboxylic acids is 2. The lowest BCUT2D eigenvalue weighted by Crippen LogP contribution is -2.51. The lowest BCUT2D eigenvalue weighted by atomic mass is 9.92. The molecule has 9 heteroatoms. The first-order chi connectivity index (χ1) is 13.7. The van der Waals surface area contributed by atoms with Crippen LogP contribution in [-0.4, -0.2) is 41.0 Å². The monoisotopic (exact) mass is 438 g/mol. The zero-order valence-electron chi connectivity index (χ0n) is 17.3. The lowest BCUT2D eigenvalue weighted by Gasteiger charge is -2.28. The summed E-state index contributed by atoms with van der Waals surface area (Å²) in [6, 6.07) is 6.75.